The van der Waals surface area contributed by atoms with Crippen molar-refractivity contribution in [2.45, 2.75) is 12.7 Å². The molecule has 0 spiro atoms. The van der Waals surface area contributed by atoms with Crippen molar-refractivity contribution in [1.82, 2.24) is 0 Å². The van der Waals surface area contributed by atoms with Gasteiger partial charge in [0.1, 0.15) is 5.76 Å². The third-order valence-corrected chi connectivity index (χ3v) is 2.76. The Kier molecular flexibility index (Phi) is 5.04. The SMILES string of the molecule is COC(=O)/C=C/CSCc1occc1C. The van der Waals surface area contributed by atoms with Crippen LogP contribution in [0.4, 0.5) is 0 Å². The van der Waals surface area contributed by atoms with Gasteiger partial charge in [0.15, 0.2) is 0 Å². The molecule has 0 unspecified atom stereocenters. The van der Waals surface area contributed by atoms with Gasteiger partial charge in [0.25, 0.3) is 0 Å². The smallest absolute Gasteiger partial charge is 0.330 e. The van der Waals surface area contributed by atoms with Gasteiger partial charge < -0.3 is 9.15 Å². The Bertz CT molecular complexity index is 341. The molecule has 0 radical (unpaired) electrons. The molecule has 0 saturated heterocycles. The molecular formula is C11H14O3S. The van der Waals surface area contributed by atoms with Gasteiger partial charge in [-0.3, -0.25) is 0 Å². The first-order valence-corrected chi connectivity index (χ1v) is 5.74. The zero-order chi connectivity index (χ0) is 11.1. The number of thioether (sulfide) groups is 1. The summed E-state index contributed by atoms with van der Waals surface area (Å²) in [6.07, 6.45) is 4.91. The van der Waals surface area contributed by atoms with Crippen LogP contribution in [0.5, 0.6) is 0 Å². The quantitative estimate of drug-likeness (QED) is 0.439. The van der Waals surface area contributed by atoms with Crippen LogP contribution in [-0.4, -0.2) is 18.8 Å². The maximum atomic E-state index is 10.7. The fraction of sp³-hybridized carbons (Fsp3) is 0.364. The Balaban J connectivity index is 2.20. The molecule has 4 heteroatoms. The van der Waals surface area contributed by atoms with E-state index in [1.165, 1.54) is 18.7 Å². The average molecular weight is 226 g/mol. The first-order valence-electron chi connectivity index (χ1n) is 4.59. The molecule has 3 nitrogen and oxygen atoms in total. The highest BCUT2D eigenvalue weighted by atomic mass is 32.2. The van der Waals surface area contributed by atoms with Gasteiger partial charge in [-0.15, -0.1) is 11.8 Å². The van der Waals surface area contributed by atoms with E-state index < -0.39 is 0 Å². The van der Waals surface area contributed by atoms with Crippen LogP contribution < -0.4 is 0 Å². The second-order valence-corrected chi connectivity index (χ2v) is 4.00. The summed E-state index contributed by atoms with van der Waals surface area (Å²) in [7, 11) is 1.37. The molecule has 1 aromatic rings. The molecule has 1 aromatic heterocycles. The second kappa shape index (κ2) is 6.35. The standard InChI is InChI=1S/C11H14O3S/c1-9-5-6-14-10(9)8-15-7-3-4-11(12)13-2/h3-6H,7-8H2,1-2H3/b4-3+. The summed E-state index contributed by atoms with van der Waals surface area (Å²) < 4.78 is 9.74. The largest absolute Gasteiger partial charge is 0.468 e. The Hall–Kier alpha value is -1.16. The summed E-state index contributed by atoms with van der Waals surface area (Å²) in [4.78, 5) is 10.7. The molecule has 0 aliphatic heterocycles. The molecule has 1 rings (SSSR count). The average Bonchev–Trinajstić information content (AvgIpc) is 2.63. The molecule has 0 N–H and O–H groups in total. The number of hydrogen-bond acceptors (Lipinski definition) is 4. The number of ether oxygens (including phenoxy) is 1. The molecule has 0 amide bonds. The summed E-state index contributed by atoms with van der Waals surface area (Å²) >= 11 is 1.69. The predicted molar refractivity (Wildman–Crippen MR) is 60.8 cm³/mol. The first kappa shape index (κ1) is 11.9. The van der Waals surface area contributed by atoms with Crippen LogP contribution in [0.3, 0.4) is 0 Å². The first-order chi connectivity index (χ1) is 7.24. The summed E-state index contributed by atoms with van der Waals surface area (Å²) in [6.45, 7) is 2.02. The summed E-state index contributed by atoms with van der Waals surface area (Å²) in [5.74, 6) is 2.27. The lowest BCUT2D eigenvalue weighted by Crippen LogP contribution is -1.93. The van der Waals surface area contributed by atoms with E-state index in [2.05, 4.69) is 4.74 Å². The van der Waals surface area contributed by atoms with E-state index in [-0.39, 0.29) is 5.97 Å². The Morgan fingerprint density at radius 2 is 2.47 bits per heavy atom. The summed E-state index contributed by atoms with van der Waals surface area (Å²) in [5.41, 5.74) is 1.17. The number of carbonyl (C=O) groups is 1. The molecule has 0 saturated carbocycles. The van der Waals surface area contributed by atoms with Gasteiger partial charge in [-0.2, -0.15) is 0 Å². The van der Waals surface area contributed by atoms with Crippen LogP contribution in [0.15, 0.2) is 28.9 Å². The lowest BCUT2D eigenvalue weighted by atomic mass is 10.3. The maximum Gasteiger partial charge on any atom is 0.330 e. The molecule has 15 heavy (non-hydrogen) atoms. The van der Waals surface area contributed by atoms with Crippen molar-refractivity contribution in [3.63, 3.8) is 0 Å². The van der Waals surface area contributed by atoms with Gasteiger partial charge in [0.2, 0.25) is 0 Å². The highest BCUT2D eigenvalue weighted by Crippen LogP contribution is 2.16. The van der Waals surface area contributed by atoms with Crippen molar-refractivity contribution in [2.24, 2.45) is 0 Å². The van der Waals surface area contributed by atoms with E-state index in [1.807, 2.05) is 13.0 Å². The Morgan fingerprint density at radius 3 is 3.07 bits per heavy atom. The van der Waals surface area contributed by atoms with Crippen molar-refractivity contribution in [3.05, 3.63) is 35.8 Å². The van der Waals surface area contributed by atoms with Crippen molar-refractivity contribution in [3.8, 4) is 0 Å². The number of aryl methyl sites for hydroxylation is 1. The highest BCUT2D eigenvalue weighted by Gasteiger charge is 2.00. The molecule has 82 valence electrons. The molecule has 0 aliphatic carbocycles. The van der Waals surface area contributed by atoms with E-state index in [9.17, 15) is 4.79 Å². The second-order valence-electron chi connectivity index (χ2n) is 2.97. The molecule has 0 fully saturated rings. The number of methoxy groups -OCH3 is 1. The number of rotatable bonds is 5. The van der Waals surface area contributed by atoms with Crippen LogP contribution in [-0.2, 0) is 15.3 Å². The van der Waals surface area contributed by atoms with Crippen LogP contribution in [0.25, 0.3) is 0 Å². The summed E-state index contributed by atoms with van der Waals surface area (Å²) in [5, 5.41) is 0. The van der Waals surface area contributed by atoms with E-state index in [0.717, 1.165) is 17.3 Å². The number of furan rings is 1. The molecule has 0 bridgehead atoms. The van der Waals surface area contributed by atoms with E-state index in [1.54, 1.807) is 24.1 Å². The van der Waals surface area contributed by atoms with Crippen LogP contribution >= 0.6 is 11.8 Å². The van der Waals surface area contributed by atoms with E-state index in [4.69, 9.17) is 4.42 Å². The molecule has 1 heterocycles. The Morgan fingerprint density at radius 1 is 1.67 bits per heavy atom. The normalized spacial score (nSPS) is 10.8. The predicted octanol–water partition coefficient (Wildman–Crippen LogP) is 2.55. The van der Waals surface area contributed by atoms with Crippen molar-refractivity contribution in [2.75, 3.05) is 12.9 Å². The molecule has 0 aliphatic rings. The van der Waals surface area contributed by atoms with Gasteiger partial charge in [-0.25, -0.2) is 4.79 Å². The van der Waals surface area contributed by atoms with Crippen molar-refractivity contribution < 1.29 is 13.9 Å². The zero-order valence-corrected chi connectivity index (χ0v) is 9.67. The third kappa shape index (κ3) is 4.25. The number of hydrogen-bond donors (Lipinski definition) is 0. The monoisotopic (exact) mass is 226 g/mol. The van der Waals surface area contributed by atoms with Gasteiger partial charge >= 0.3 is 5.97 Å². The summed E-state index contributed by atoms with van der Waals surface area (Å²) in [6, 6.07) is 1.94. The van der Waals surface area contributed by atoms with E-state index >= 15 is 0 Å². The van der Waals surface area contributed by atoms with Crippen LogP contribution in [0.2, 0.25) is 0 Å². The van der Waals surface area contributed by atoms with Gasteiger partial charge in [-0.05, 0) is 18.6 Å². The lowest BCUT2D eigenvalue weighted by Gasteiger charge is -1.96. The molecule has 0 atom stereocenters. The lowest BCUT2D eigenvalue weighted by molar-refractivity contribution is -0.134. The fourth-order valence-electron chi connectivity index (χ4n) is 0.984. The van der Waals surface area contributed by atoms with Gasteiger partial charge in [0, 0.05) is 11.8 Å². The zero-order valence-electron chi connectivity index (χ0n) is 8.86. The topological polar surface area (TPSA) is 39.4 Å². The maximum absolute atomic E-state index is 10.7. The fourth-order valence-corrected chi connectivity index (χ4v) is 1.82. The minimum atomic E-state index is -0.315. The highest BCUT2D eigenvalue weighted by molar-refractivity contribution is 7.98. The minimum Gasteiger partial charge on any atom is -0.468 e. The third-order valence-electron chi connectivity index (χ3n) is 1.87. The van der Waals surface area contributed by atoms with Gasteiger partial charge in [-0.1, -0.05) is 6.08 Å². The van der Waals surface area contributed by atoms with Crippen LogP contribution in [0.1, 0.15) is 11.3 Å². The van der Waals surface area contributed by atoms with Crippen molar-refractivity contribution in [1.29, 1.82) is 0 Å². The molecular weight excluding hydrogens is 212 g/mol. The Labute approximate surface area is 93.5 Å². The number of esters is 1. The van der Waals surface area contributed by atoms with Crippen LogP contribution in [0, 0.1) is 6.92 Å². The molecule has 0 aromatic carbocycles. The minimum absolute atomic E-state index is 0.315. The van der Waals surface area contributed by atoms with Gasteiger partial charge in [0.05, 0.1) is 19.1 Å². The van der Waals surface area contributed by atoms with E-state index in [0.29, 0.717) is 0 Å². The van der Waals surface area contributed by atoms with Crippen molar-refractivity contribution >= 4 is 17.7 Å². The number of carbonyl (C=O) groups excluding carboxylic acids is 1.